The Hall–Kier alpha value is -1.75. The number of hydrogen-bond acceptors (Lipinski definition) is 4. The Kier molecular flexibility index (Phi) is 4.04. The molecule has 5 heteroatoms. The largest absolute Gasteiger partial charge is 0.313 e. The maximum atomic E-state index is 4.58. The van der Waals surface area contributed by atoms with Crippen molar-refractivity contribution in [2.45, 2.75) is 33.7 Å². The van der Waals surface area contributed by atoms with E-state index in [9.17, 15) is 0 Å². The van der Waals surface area contributed by atoms with Gasteiger partial charge in [-0.1, -0.05) is 6.92 Å². The molecule has 1 N–H and O–H groups in total. The molecule has 0 aliphatic carbocycles. The van der Waals surface area contributed by atoms with Crippen LogP contribution in [-0.2, 0) is 6.54 Å². The van der Waals surface area contributed by atoms with Gasteiger partial charge < -0.3 is 5.32 Å². The van der Waals surface area contributed by atoms with Gasteiger partial charge in [0.1, 0.15) is 12.7 Å². The average molecular weight is 245 g/mol. The normalized spacial score (nSPS) is 10.8. The molecular weight excluding hydrogens is 226 g/mol. The fourth-order valence-electron chi connectivity index (χ4n) is 1.96. The van der Waals surface area contributed by atoms with Crippen LogP contribution in [0.25, 0.3) is 5.82 Å². The van der Waals surface area contributed by atoms with Crippen LogP contribution in [0.3, 0.4) is 0 Å². The number of pyridine rings is 1. The summed E-state index contributed by atoms with van der Waals surface area (Å²) in [5, 5.41) is 7.59. The molecule has 96 valence electrons. The van der Waals surface area contributed by atoms with E-state index in [1.54, 1.807) is 11.0 Å². The van der Waals surface area contributed by atoms with E-state index < -0.39 is 0 Å². The van der Waals surface area contributed by atoms with Crippen LogP contribution in [0.4, 0.5) is 0 Å². The molecule has 0 spiro atoms. The predicted molar refractivity (Wildman–Crippen MR) is 70.6 cm³/mol. The summed E-state index contributed by atoms with van der Waals surface area (Å²) in [5.74, 6) is 0.869. The molecule has 0 saturated heterocycles. The van der Waals surface area contributed by atoms with E-state index in [1.165, 1.54) is 17.5 Å². The Morgan fingerprint density at radius 2 is 2.17 bits per heavy atom. The van der Waals surface area contributed by atoms with Crippen LogP contribution in [0.2, 0.25) is 0 Å². The lowest BCUT2D eigenvalue weighted by Crippen LogP contribution is -2.18. The molecule has 0 saturated carbocycles. The minimum absolute atomic E-state index is 0.808. The Morgan fingerprint density at radius 1 is 1.33 bits per heavy atom. The lowest BCUT2D eigenvalue weighted by molar-refractivity contribution is 0.663. The van der Waals surface area contributed by atoms with Crippen LogP contribution in [0.5, 0.6) is 0 Å². The van der Waals surface area contributed by atoms with Crippen LogP contribution in [0.15, 0.2) is 18.7 Å². The fraction of sp³-hybridized carbons (Fsp3) is 0.462. The van der Waals surface area contributed by atoms with Gasteiger partial charge in [-0.05, 0) is 38.4 Å². The second kappa shape index (κ2) is 5.73. The summed E-state index contributed by atoms with van der Waals surface area (Å²) in [5.41, 5.74) is 3.41. The molecule has 0 aliphatic rings. The highest BCUT2D eigenvalue weighted by molar-refractivity contribution is 5.40. The van der Waals surface area contributed by atoms with Crippen molar-refractivity contribution in [1.29, 1.82) is 0 Å². The van der Waals surface area contributed by atoms with Crippen LogP contribution >= 0.6 is 0 Å². The minimum Gasteiger partial charge on any atom is -0.313 e. The van der Waals surface area contributed by atoms with E-state index in [1.807, 2.05) is 6.92 Å². The van der Waals surface area contributed by atoms with Crippen molar-refractivity contribution < 1.29 is 0 Å². The molecule has 0 amide bonds. The Bertz CT molecular complexity index is 504. The van der Waals surface area contributed by atoms with Gasteiger partial charge in [-0.3, -0.25) is 0 Å². The van der Waals surface area contributed by atoms with E-state index in [-0.39, 0.29) is 0 Å². The second-order valence-electron chi connectivity index (χ2n) is 4.40. The van der Waals surface area contributed by atoms with Gasteiger partial charge in [0.2, 0.25) is 0 Å². The van der Waals surface area contributed by atoms with E-state index in [0.717, 1.165) is 31.0 Å². The summed E-state index contributed by atoms with van der Waals surface area (Å²) in [4.78, 5) is 8.56. The molecule has 2 aromatic heterocycles. The van der Waals surface area contributed by atoms with Gasteiger partial charge in [-0.2, -0.15) is 5.10 Å². The van der Waals surface area contributed by atoms with Crippen molar-refractivity contribution >= 4 is 0 Å². The van der Waals surface area contributed by atoms with Crippen molar-refractivity contribution in [3.63, 3.8) is 0 Å². The van der Waals surface area contributed by atoms with Gasteiger partial charge >= 0.3 is 0 Å². The smallest absolute Gasteiger partial charge is 0.160 e. The zero-order valence-electron chi connectivity index (χ0n) is 11.1. The molecule has 2 rings (SSSR count). The number of nitrogens with zero attached hydrogens (tertiary/aromatic N) is 4. The summed E-state index contributed by atoms with van der Waals surface area (Å²) in [6.45, 7) is 8.08. The molecule has 0 unspecified atom stereocenters. The first-order valence-electron chi connectivity index (χ1n) is 6.25. The Balaban J connectivity index is 2.36. The summed E-state index contributed by atoms with van der Waals surface area (Å²) in [6.07, 6.45) is 4.34. The summed E-state index contributed by atoms with van der Waals surface area (Å²) in [6, 6.07) is 2.10. The summed E-state index contributed by atoms with van der Waals surface area (Å²) < 4.78 is 1.73. The topological polar surface area (TPSA) is 55.6 Å². The zero-order chi connectivity index (χ0) is 13.0. The van der Waals surface area contributed by atoms with Crippen molar-refractivity contribution in [1.82, 2.24) is 25.1 Å². The highest BCUT2D eigenvalue weighted by Crippen LogP contribution is 2.16. The van der Waals surface area contributed by atoms with E-state index in [0.29, 0.717) is 0 Å². The maximum absolute atomic E-state index is 4.58. The van der Waals surface area contributed by atoms with Gasteiger partial charge in [-0.25, -0.2) is 14.6 Å². The summed E-state index contributed by atoms with van der Waals surface area (Å²) in [7, 11) is 0. The first-order chi connectivity index (χ1) is 8.72. The number of nitrogens with one attached hydrogen (secondary N) is 1. The van der Waals surface area contributed by atoms with Crippen molar-refractivity contribution in [3.8, 4) is 5.82 Å². The predicted octanol–water partition coefficient (Wildman–Crippen LogP) is 1.78. The van der Waals surface area contributed by atoms with Crippen LogP contribution < -0.4 is 5.32 Å². The standard InChI is InChI=1S/C13H19N5/c1-4-5-14-7-12-10(2)6-11(3)17-13(12)18-9-15-8-16-18/h6,8-9,14H,4-5,7H2,1-3H3. The summed E-state index contributed by atoms with van der Waals surface area (Å²) >= 11 is 0. The molecule has 0 fully saturated rings. The van der Waals surface area contributed by atoms with E-state index in [4.69, 9.17) is 0 Å². The highest BCUT2D eigenvalue weighted by atomic mass is 15.3. The molecule has 0 aromatic carbocycles. The number of rotatable bonds is 5. The molecule has 0 bridgehead atoms. The van der Waals surface area contributed by atoms with Crippen LogP contribution in [0, 0.1) is 13.8 Å². The molecule has 0 radical (unpaired) electrons. The van der Waals surface area contributed by atoms with E-state index >= 15 is 0 Å². The molecule has 2 aromatic rings. The molecule has 18 heavy (non-hydrogen) atoms. The maximum Gasteiger partial charge on any atom is 0.160 e. The second-order valence-corrected chi connectivity index (χ2v) is 4.40. The zero-order valence-corrected chi connectivity index (χ0v) is 11.1. The van der Waals surface area contributed by atoms with Gasteiger partial charge in [0, 0.05) is 17.8 Å². The van der Waals surface area contributed by atoms with Crippen molar-refractivity contribution in [3.05, 3.63) is 35.5 Å². The lowest BCUT2D eigenvalue weighted by Gasteiger charge is -2.13. The van der Waals surface area contributed by atoms with E-state index in [2.05, 4.69) is 40.3 Å². The number of aryl methyl sites for hydroxylation is 2. The first kappa shape index (κ1) is 12.7. The third kappa shape index (κ3) is 2.73. The van der Waals surface area contributed by atoms with Gasteiger partial charge in [0.25, 0.3) is 0 Å². The quantitative estimate of drug-likeness (QED) is 0.816. The molecule has 0 atom stereocenters. The molecule has 0 aliphatic heterocycles. The van der Waals surface area contributed by atoms with Gasteiger partial charge in [0.05, 0.1) is 0 Å². The van der Waals surface area contributed by atoms with Crippen molar-refractivity contribution in [2.75, 3.05) is 6.54 Å². The number of aromatic nitrogens is 4. The first-order valence-corrected chi connectivity index (χ1v) is 6.25. The van der Waals surface area contributed by atoms with Gasteiger partial charge in [-0.15, -0.1) is 0 Å². The lowest BCUT2D eigenvalue weighted by atomic mass is 10.1. The van der Waals surface area contributed by atoms with Crippen LogP contribution in [0.1, 0.15) is 30.2 Å². The Morgan fingerprint density at radius 3 is 2.83 bits per heavy atom. The highest BCUT2D eigenvalue weighted by Gasteiger charge is 2.10. The monoisotopic (exact) mass is 245 g/mol. The van der Waals surface area contributed by atoms with Gasteiger partial charge in [0.15, 0.2) is 5.82 Å². The third-order valence-corrected chi connectivity index (χ3v) is 2.82. The van der Waals surface area contributed by atoms with Crippen LogP contribution in [-0.4, -0.2) is 26.3 Å². The third-order valence-electron chi connectivity index (χ3n) is 2.82. The molecule has 5 nitrogen and oxygen atoms in total. The number of hydrogen-bond donors (Lipinski definition) is 1. The minimum atomic E-state index is 0.808. The molecular formula is C13H19N5. The average Bonchev–Trinajstić information content (AvgIpc) is 2.85. The molecule has 2 heterocycles. The SMILES string of the molecule is CCCNCc1c(C)cc(C)nc1-n1cncn1. The van der Waals surface area contributed by atoms with Crippen molar-refractivity contribution in [2.24, 2.45) is 0 Å². The fourth-order valence-corrected chi connectivity index (χ4v) is 1.96. The Labute approximate surface area is 107 Å².